The number of hydrogen-bond donors (Lipinski definition) is 0. The number of fused-ring (bicyclic) bond motifs is 1. The number of hydrazine groups is 1. The molecule has 96 valence electrons. The van der Waals surface area contributed by atoms with Gasteiger partial charge in [0.2, 0.25) is 0 Å². The van der Waals surface area contributed by atoms with Gasteiger partial charge in [0.1, 0.15) is 0 Å². The maximum Gasteiger partial charge on any atom is 0.281 e. The first-order valence-electron chi connectivity index (χ1n) is 5.58. The van der Waals surface area contributed by atoms with E-state index in [9.17, 15) is 14.4 Å². The molecule has 0 fully saturated rings. The molecule has 19 heavy (non-hydrogen) atoms. The summed E-state index contributed by atoms with van der Waals surface area (Å²) in [7, 11) is 0. The van der Waals surface area contributed by atoms with Crippen molar-refractivity contribution in [3.05, 3.63) is 60.3 Å². The van der Waals surface area contributed by atoms with Crippen LogP contribution in [0.2, 0.25) is 0 Å². The van der Waals surface area contributed by atoms with Gasteiger partial charge in [0.15, 0.2) is 0 Å². The Labute approximate surface area is 110 Å². The first-order valence-corrected chi connectivity index (χ1v) is 5.58. The average Bonchev–Trinajstić information content (AvgIpc) is 2.65. The van der Waals surface area contributed by atoms with Crippen LogP contribution in [-0.2, 0) is 4.79 Å². The molecule has 1 aliphatic heterocycles. The van der Waals surface area contributed by atoms with Gasteiger partial charge in [-0.25, -0.2) is 5.01 Å². The highest BCUT2D eigenvalue weighted by molar-refractivity contribution is 6.22. The third kappa shape index (κ3) is 1.85. The Balaban J connectivity index is 2.46. The van der Waals surface area contributed by atoms with E-state index in [2.05, 4.69) is 13.2 Å². The van der Waals surface area contributed by atoms with Crippen molar-refractivity contribution in [2.45, 2.75) is 6.92 Å². The van der Waals surface area contributed by atoms with Gasteiger partial charge in [-0.2, -0.15) is 5.01 Å². The number of nitrogens with zero attached hydrogens (tertiary/aromatic N) is 2. The number of carbonyl (C=O) groups excluding carboxylic acids is 3. The molecule has 0 atom stereocenters. The van der Waals surface area contributed by atoms with Gasteiger partial charge in [0, 0.05) is 11.8 Å². The van der Waals surface area contributed by atoms with Gasteiger partial charge in [-0.05, 0) is 19.1 Å². The van der Waals surface area contributed by atoms with Crippen LogP contribution < -0.4 is 0 Å². The van der Waals surface area contributed by atoms with E-state index in [1.807, 2.05) is 0 Å². The number of hydrogen-bond acceptors (Lipinski definition) is 3. The number of rotatable bonds is 3. The quantitative estimate of drug-likeness (QED) is 0.611. The van der Waals surface area contributed by atoms with Crippen LogP contribution in [0.3, 0.4) is 0 Å². The van der Waals surface area contributed by atoms with Crippen LogP contribution in [0.15, 0.2) is 49.2 Å². The molecule has 0 N–H and O–H groups in total. The zero-order valence-corrected chi connectivity index (χ0v) is 10.4. The van der Waals surface area contributed by atoms with E-state index in [-0.39, 0.29) is 16.7 Å². The summed E-state index contributed by atoms with van der Waals surface area (Å²) >= 11 is 0. The lowest BCUT2D eigenvalue weighted by Crippen LogP contribution is -2.46. The summed E-state index contributed by atoms with van der Waals surface area (Å²) < 4.78 is 0. The highest BCUT2D eigenvalue weighted by Gasteiger charge is 2.40. The highest BCUT2D eigenvalue weighted by atomic mass is 16.2. The fraction of sp³-hybridized carbons (Fsp3) is 0.0714. The standard InChI is InChI=1S/C14H12N2O3/c1-4-15(12(17)9(2)3)16-13(18)10-7-5-6-8-11(10)14(16)19/h4-8H,1-2H2,3H3. The van der Waals surface area contributed by atoms with E-state index < -0.39 is 17.7 Å². The molecule has 1 aliphatic rings. The van der Waals surface area contributed by atoms with Crippen LogP contribution in [-0.4, -0.2) is 27.7 Å². The maximum absolute atomic E-state index is 12.2. The molecule has 0 radical (unpaired) electrons. The van der Waals surface area contributed by atoms with Gasteiger partial charge in [-0.15, -0.1) is 0 Å². The van der Waals surface area contributed by atoms with Crippen molar-refractivity contribution in [2.75, 3.05) is 0 Å². The Kier molecular flexibility index (Phi) is 3.04. The number of benzene rings is 1. The van der Waals surface area contributed by atoms with Gasteiger partial charge >= 0.3 is 0 Å². The first-order chi connectivity index (χ1) is 8.99. The Bertz CT molecular complexity index is 584. The van der Waals surface area contributed by atoms with Crippen molar-refractivity contribution >= 4 is 17.7 Å². The third-order valence-corrected chi connectivity index (χ3v) is 2.73. The first kappa shape index (κ1) is 12.8. The molecule has 0 spiro atoms. The van der Waals surface area contributed by atoms with Gasteiger partial charge in [-0.3, -0.25) is 14.4 Å². The van der Waals surface area contributed by atoms with Crippen LogP contribution in [0.5, 0.6) is 0 Å². The Morgan fingerprint density at radius 1 is 1.21 bits per heavy atom. The minimum Gasteiger partial charge on any atom is -0.267 e. The molecule has 1 aromatic carbocycles. The average molecular weight is 256 g/mol. The molecule has 1 aromatic rings. The topological polar surface area (TPSA) is 57.7 Å². The van der Waals surface area contributed by atoms with Crippen LogP contribution in [0, 0.1) is 0 Å². The largest absolute Gasteiger partial charge is 0.281 e. The second-order valence-electron chi connectivity index (χ2n) is 4.08. The van der Waals surface area contributed by atoms with E-state index in [0.29, 0.717) is 0 Å². The minimum atomic E-state index is -0.551. The molecule has 0 aliphatic carbocycles. The molecule has 0 aromatic heterocycles. The van der Waals surface area contributed by atoms with Crippen molar-refractivity contribution in [3.8, 4) is 0 Å². The third-order valence-electron chi connectivity index (χ3n) is 2.73. The van der Waals surface area contributed by atoms with Gasteiger partial charge in [0.05, 0.1) is 11.1 Å². The summed E-state index contributed by atoms with van der Waals surface area (Å²) in [6.07, 6.45) is 1.12. The van der Waals surface area contributed by atoms with Crippen molar-refractivity contribution in [2.24, 2.45) is 0 Å². The second kappa shape index (κ2) is 4.53. The highest BCUT2D eigenvalue weighted by Crippen LogP contribution is 2.24. The van der Waals surface area contributed by atoms with Crippen molar-refractivity contribution in [1.29, 1.82) is 0 Å². The van der Waals surface area contributed by atoms with E-state index in [4.69, 9.17) is 0 Å². The SMILES string of the molecule is C=CN(C(=O)C(=C)C)N1C(=O)c2ccccc2C1=O. The Hall–Kier alpha value is -2.69. The van der Waals surface area contributed by atoms with E-state index in [0.717, 1.165) is 16.2 Å². The lowest BCUT2D eigenvalue weighted by molar-refractivity contribution is -0.132. The summed E-state index contributed by atoms with van der Waals surface area (Å²) in [5, 5.41) is 1.65. The normalized spacial score (nSPS) is 13.2. The van der Waals surface area contributed by atoms with E-state index >= 15 is 0 Å². The molecule has 0 saturated heterocycles. The molecular formula is C14H12N2O3. The Morgan fingerprint density at radius 3 is 2.05 bits per heavy atom. The van der Waals surface area contributed by atoms with Crippen molar-refractivity contribution in [3.63, 3.8) is 0 Å². The second-order valence-corrected chi connectivity index (χ2v) is 4.08. The summed E-state index contributed by atoms with van der Waals surface area (Å²) in [4.78, 5) is 36.2. The summed E-state index contributed by atoms with van der Waals surface area (Å²) in [5.41, 5.74) is 0.749. The van der Waals surface area contributed by atoms with Crippen molar-refractivity contribution < 1.29 is 14.4 Å². The predicted octanol–water partition coefficient (Wildman–Crippen LogP) is 1.75. The number of imide groups is 1. The Morgan fingerprint density at radius 2 is 1.68 bits per heavy atom. The zero-order valence-electron chi connectivity index (χ0n) is 10.4. The molecule has 3 amide bonds. The fourth-order valence-corrected chi connectivity index (χ4v) is 1.82. The smallest absolute Gasteiger partial charge is 0.267 e. The molecule has 0 unspecified atom stereocenters. The van der Waals surface area contributed by atoms with Gasteiger partial charge in [0.25, 0.3) is 17.7 Å². The fourth-order valence-electron chi connectivity index (χ4n) is 1.82. The van der Waals surface area contributed by atoms with Crippen LogP contribution in [0.4, 0.5) is 0 Å². The summed E-state index contributed by atoms with van der Waals surface area (Å²) in [5.74, 6) is -1.64. The molecule has 2 rings (SSSR count). The zero-order chi connectivity index (χ0) is 14.2. The predicted molar refractivity (Wildman–Crippen MR) is 68.8 cm³/mol. The van der Waals surface area contributed by atoms with Crippen LogP contribution in [0.1, 0.15) is 27.6 Å². The monoisotopic (exact) mass is 256 g/mol. The lowest BCUT2D eigenvalue weighted by atomic mass is 10.1. The van der Waals surface area contributed by atoms with E-state index in [1.165, 1.54) is 6.92 Å². The summed E-state index contributed by atoms with van der Waals surface area (Å²) in [6.45, 7) is 8.46. The maximum atomic E-state index is 12.2. The molecule has 5 heteroatoms. The number of carbonyl (C=O) groups is 3. The van der Waals surface area contributed by atoms with Gasteiger partial charge in [-0.1, -0.05) is 25.3 Å². The molecular weight excluding hydrogens is 244 g/mol. The van der Waals surface area contributed by atoms with E-state index in [1.54, 1.807) is 24.3 Å². The van der Waals surface area contributed by atoms with Crippen LogP contribution >= 0.6 is 0 Å². The molecule has 0 bridgehead atoms. The lowest BCUT2D eigenvalue weighted by Gasteiger charge is -2.26. The summed E-state index contributed by atoms with van der Waals surface area (Å²) in [6, 6.07) is 6.41. The molecule has 0 saturated carbocycles. The van der Waals surface area contributed by atoms with Crippen molar-refractivity contribution in [1.82, 2.24) is 10.0 Å². The van der Waals surface area contributed by atoms with Crippen LogP contribution in [0.25, 0.3) is 0 Å². The minimum absolute atomic E-state index is 0.205. The van der Waals surface area contributed by atoms with Gasteiger partial charge < -0.3 is 0 Å². The molecule has 5 nitrogen and oxygen atoms in total. The number of amides is 3. The molecule has 1 heterocycles.